The highest BCUT2D eigenvalue weighted by molar-refractivity contribution is 5.95. The maximum Gasteiger partial charge on any atom is 0.143 e. The number of aromatic hydroxyl groups is 1. The van der Waals surface area contributed by atoms with Crippen LogP contribution in [0.25, 0.3) is 10.8 Å². The van der Waals surface area contributed by atoms with Crippen LogP contribution < -0.4 is 0 Å². The first kappa shape index (κ1) is 18.5. The van der Waals surface area contributed by atoms with Crippen LogP contribution in [0.15, 0.2) is 99.3 Å². The van der Waals surface area contributed by atoms with Gasteiger partial charge in [-0.3, -0.25) is 0 Å². The van der Waals surface area contributed by atoms with Gasteiger partial charge in [0.15, 0.2) is 0 Å². The fraction of sp³-hybridized carbons (Fsp3) is 0.0833. The van der Waals surface area contributed by atoms with E-state index in [0.717, 1.165) is 33.3 Å². The largest absolute Gasteiger partial charge is 0.506 e. The van der Waals surface area contributed by atoms with Crippen LogP contribution in [-0.4, -0.2) is 5.11 Å². The molecule has 0 aliphatic carbocycles. The second kappa shape index (κ2) is 8.02. The van der Waals surface area contributed by atoms with Gasteiger partial charge in [0.2, 0.25) is 0 Å². The molecule has 4 rings (SSSR count). The molecule has 0 aliphatic heterocycles. The monoisotopic (exact) mass is 380 g/mol. The van der Waals surface area contributed by atoms with Gasteiger partial charge in [-0.1, -0.05) is 42.5 Å². The Morgan fingerprint density at radius 3 is 2.24 bits per heavy atom. The molecule has 4 aromatic carbocycles. The molecule has 1 N–H and O–H groups in total. The van der Waals surface area contributed by atoms with Crippen LogP contribution >= 0.6 is 0 Å². The van der Waals surface area contributed by atoms with Gasteiger partial charge in [0.05, 0.1) is 17.1 Å². The lowest BCUT2D eigenvalue weighted by Gasteiger charge is -2.04. The van der Waals surface area contributed by atoms with Crippen molar-refractivity contribution >= 4 is 33.5 Å². The number of phenolic OH excluding ortho intramolecular Hbond substituents is 1. The second-order valence-electron chi connectivity index (χ2n) is 6.86. The Morgan fingerprint density at radius 2 is 1.45 bits per heavy atom. The fourth-order valence-electron chi connectivity index (χ4n) is 3.07. The SMILES string of the molecule is Cc1cccc(N=Nc2ccc(N=Nc3c(O)ccc4ccccc34)c(C)c2)c1. The zero-order valence-electron chi connectivity index (χ0n) is 16.2. The van der Waals surface area contributed by atoms with Crippen molar-refractivity contribution in [2.45, 2.75) is 13.8 Å². The van der Waals surface area contributed by atoms with Gasteiger partial charge < -0.3 is 5.11 Å². The third-order valence-electron chi connectivity index (χ3n) is 4.60. The summed E-state index contributed by atoms with van der Waals surface area (Å²) in [4.78, 5) is 0. The molecule has 0 aliphatic rings. The zero-order chi connectivity index (χ0) is 20.2. The first-order chi connectivity index (χ1) is 14.1. The molecule has 0 amide bonds. The maximum absolute atomic E-state index is 10.2. The van der Waals surface area contributed by atoms with E-state index < -0.39 is 0 Å². The minimum Gasteiger partial charge on any atom is -0.506 e. The maximum atomic E-state index is 10.2. The summed E-state index contributed by atoms with van der Waals surface area (Å²) in [6.45, 7) is 3.97. The van der Waals surface area contributed by atoms with Gasteiger partial charge in [0.1, 0.15) is 11.4 Å². The van der Waals surface area contributed by atoms with E-state index in [1.165, 1.54) is 0 Å². The Kier molecular flexibility index (Phi) is 5.12. The molecule has 0 aromatic heterocycles. The van der Waals surface area contributed by atoms with Crippen molar-refractivity contribution in [1.29, 1.82) is 0 Å². The first-order valence-electron chi connectivity index (χ1n) is 9.32. The van der Waals surface area contributed by atoms with Gasteiger partial charge in [-0.25, -0.2) is 0 Å². The Labute approximate surface area is 169 Å². The van der Waals surface area contributed by atoms with Gasteiger partial charge in [-0.15, -0.1) is 5.11 Å². The summed E-state index contributed by atoms with van der Waals surface area (Å²) < 4.78 is 0. The van der Waals surface area contributed by atoms with E-state index in [0.29, 0.717) is 11.4 Å². The van der Waals surface area contributed by atoms with Crippen LogP contribution in [0.3, 0.4) is 0 Å². The smallest absolute Gasteiger partial charge is 0.143 e. The molecule has 0 saturated heterocycles. The van der Waals surface area contributed by atoms with Crippen molar-refractivity contribution in [2.75, 3.05) is 0 Å². The van der Waals surface area contributed by atoms with Crippen LogP contribution in [0.4, 0.5) is 22.7 Å². The molecule has 0 spiro atoms. The average molecular weight is 380 g/mol. The third-order valence-corrected chi connectivity index (χ3v) is 4.60. The lowest BCUT2D eigenvalue weighted by Crippen LogP contribution is -1.76. The summed E-state index contributed by atoms with van der Waals surface area (Å²) in [5.74, 6) is 0.105. The highest BCUT2D eigenvalue weighted by Crippen LogP contribution is 2.36. The number of hydrogen-bond donors (Lipinski definition) is 1. The minimum absolute atomic E-state index is 0.105. The molecule has 0 fully saturated rings. The van der Waals surface area contributed by atoms with Gasteiger partial charge in [0.25, 0.3) is 0 Å². The molecule has 4 aromatic rings. The van der Waals surface area contributed by atoms with E-state index in [4.69, 9.17) is 0 Å². The minimum atomic E-state index is 0.105. The second-order valence-corrected chi connectivity index (χ2v) is 6.86. The number of hydrogen-bond acceptors (Lipinski definition) is 5. The van der Waals surface area contributed by atoms with Crippen molar-refractivity contribution < 1.29 is 5.11 Å². The van der Waals surface area contributed by atoms with E-state index in [1.807, 2.05) is 86.6 Å². The molecule has 5 heteroatoms. The molecule has 0 unspecified atom stereocenters. The van der Waals surface area contributed by atoms with Gasteiger partial charge in [-0.2, -0.15) is 15.3 Å². The molecule has 5 nitrogen and oxygen atoms in total. The van der Waals surface area contributed by atoms with Crippen LogP contribution in [0, 0.1) is 13.8 Å². The van der Waals surface area contributed by atoms with E-state index in [1.54, 1.807) is 6.07 Å². The Balaban J connectivity index is 1.60. The Hall–Kier alpha value is -3.86. The lowest BCUT2D eigenvalue weighted by molar-refractivity contribution is 0.477. The van der Waals surface area contributed by atoms with Crippen LogP contribution in [0.1, 0.15) is 11.1 Å². The molecule has 0 atom stereocenters. The van der Waals surface area contributed by atoms with Crippen molar-refractivity contribution in [3.63, 3.8) is 0 Å². The summed E-state index contributed by atoms with van der Waals surface area (Å²) in [6, 6.07) is 24.8. The highest BCUT2D eigenvalue weighted by atomic mass is 16.3. The predicted octanol–water partition coefficient (Wildman–Crippen LogP) is 7.99. The molecule has 0 radical (unpaired) electrons. The van der Waals surface area contributed by atoms with Gasteiger partial charge in [0, 0.05) is 5.39 Å². The normalized spacial score (nSPS) is 11.7. The highest BCUT2D eigenvalue weighted by Gasteiger charge is 2.06. The number of phenols is 1. The predicted molar refractivity (Wildman–Crippen MR) is 116 cm³/mol. The van der Waals surface area contributed by atoms with E-state index in [-0.39, 0.29) is 5.75 Å². The summed E-state index contributed by atoms with van der Waals surface area (Å²) in [5.41, 5.74) is 4.81. The van der Waals surface area contributed by atoms with Gasteiger partial charge >= 0.3 is 0 Å². The van der Waals surface area contributed by atoms with Crippen molar-refractivity contribution in [3.05, 3.63) is 90.0 Å². The average Bonchev–Trinajstić information content (AvgIpc) is 2.73. The van der Waals surface area contributed by atoms with Crippen LogP contribution in [0.2, 0.25) is 0 Å². The molecular weight excluding hydrogens is 360 g/mol. The molecule has 0 bridgehead atoms. The molecule has 0 heterocycles. The summed E-state index contributed by atoms with van der Waals surface area (Å²) >= 11 is 0. The van der Waals surface area contributed by atoms with Gasteiger partial charge in [-0.05, 0) is 66.8 Å². The van der Waals surface area contributed by atoms with Crippen molar-refractivity contribution in [1.82, 2.24) is 0 Å². The standard InChI is InChI=1S/C24H20N4O/c1-16-6-5-8-19(14-16)25-26-20-11-12-22(17(2)15-20)27-28-24-21-9-4-3-7-18(21)10-13-23(24)29/h3-15,29H,1-2H3. The number of fused-ring (bicyclic) bond motifs is 1. The van der Waals surface area contributed by atoms with Crippen molar-refractivity contribution in [3.8, 4) is 5.75 Å². The number of aryl methyl sites for hydroxylation is 2. The number of rotatable bonds is 4. The number of nitrogens with zero attached hydrogens (tertiary/aromatic N) is 4. The van der Waals surface area contributed by atoms with E-state index >= 15 is 0 Å². The number of azo groups is 2. The summed E-state index contributed by atoms with van der Waals surface area (Å²) in [5, 5.41) is 29.3. The topological polar surface area (TPSA) is 69.7 Å². The Bertz CT molecular complexity index is 1240. The molecule has 0 saturated carbocycles. The summed E-state index contributed by atoms with van der Waals surface area (Å²) in [6.07, 6.45) is 0. The van der Waals surface area contributed by atoms with Crippen LogP contribution in [-0.2, 0) is 0 Å². The van der Waals surface area contributed by atoms with E-state index in [2.05, 4.69) is 20.5 Å². The fourth-order valence-corrected chi connectivity index (χ4v) is 3.07. The lowest BCUT2D eigenvalue weighted by atomic mass is 10.1. The van der Waals surface area contributed by atoms with E-state index in [9.17, 15) is 5.11 Å². The van der Waals surface area contributed by atoms with Crippen LogP contribution in [0.5, 0.6) is 5.75 Å². The molecule has 29 heavy (non-hydrogen) atoms. The zero-order valence-corrected chi connectivity index (χ0v) is 16.2. The molecular formula is C24H20N4O. The molecule has 142 valence electrons. The Morgan fingerprint density at radius 1 is 0.655 bits per heavy atom. The number of benzene rings is 4. The van der Waals surface area contributed by atoms with Crippen molar-refractivity contribution in [2.24, 2.45) is 20.5 Å². The summed E-state index contributed by atoms with van der Waals surface area (Å²) in [7, 11) is 0. The quantitative estimate of drug-likeness (QED) is 0.358. The third kappa shape index (κ3) is 4.19. The first-order valence-corrected chi connectivity index (χ1v) is 9.32.